The molecule has 0 bridgehead atoms. The van der Waals surface area contributed by atoms with Gasteiger partial charge in [0.2, 0.25) is 21.9 Å². The fourth-order valence-corrected chi connectivity index (χ4v) is 3.51. The number of benzene rings is 1. The van der Waals surface area contributed by atoms with E-state index in [1.165, 1.54) is 4.90 Å². The van der Waals surface area contributed by atoms with E-state index in [-0.39, 0.29) is 24.8 Å². The lowest BCUT2D eigenvalue weighted by Gasteiger charge is -2.10. The van der Waals surface area contributed by atoms with Crippen LogP contribution in [0.15, 0.2) is 30.3 Å². The van der Waals surface area contributed by atoms with Gasteiger partial charge in [-0.1, -0.05) is 30.3 Å². The van der Waals surface area contributed by atoms with E-state index >= 15 is 0 Å². The highest BCUT2D eigenvalue weighted by Crippen LogP contribution is 2.27. The summed E-state index contributed by atoms with van der Waals surface area (Å²) in [5.74, 6) is -0.0959. The number of hydrogen-bond acceptors (Lipinski definition) is 6. The van der Waals surface area contributed by atoms with Crippen molar-refractivity contribution in [2.75, 3.05) is 11.4 Å². The van der Waals surface area contributed by atoms with Crippen LogP contribution in [0, 0.1) is 0 Å². The van der Waals surface area contributed by atoms with Crippen molar-refractivity contribution in [1.29, 1.82) is 0 Å². The predicted molar refractivity (Wildman–Crippen MR) is 79.2 cm³/mol. The molecule has 1 amide bonds. The van der Waals surface area contributed by atoms with Crippen LogP contribution >= 0.6 is 11.5 Å². The molecule has 2 aromatic rings. The Morgan fingerprint density at radius 1 is 1.29 bits per heavy atom. The van der Waals surface area contributed by atoms with Crippen LogP contribution in [-0.4, -0.2) is 35.5 Å². The Morgan fingerprint density at radius 2 is 2.00 bits per heavy atom. The Bertz CT molecular complexity index is 773. The minimum atomic E-state index is -3.74. The van der Waals surface area contributed by atoms with E-state index in [4.69, 9.17) is 5.14 Å². The minimum Gasteiger partial charge on any atom is -0.279 e. The number of nitrogens with zero attached hydrogens (tertiary/aromatic N) is 3. The Labute approximate surface area is 125 Å². The molecule has 1 aromatic heterocycles. The van der Waals surface area contributed by atoms with Crippen LogP contribution in [0.1, 0.15) is 6.42 Å². The third-order valence-corrected chi connectivity index (χ3v) is 5.23. The molecule has 0 radical (unpaired) electrons. The molecule has 0 spiro atoms. The molecule has 2 N–H and O–H groups in total. The van der Waals surface area contributed by atoms with E-state index in [0.717, 1.165) is 17.1 Å². The van der Waals surface area contributed by atoms with Gasteiger partial charge in [0, 0.05) is 18.5 Å². The number of anilines is 1. The molecule has 1 aliphatic heterocycles. The zero-order valence-corrected chi connectivity index (χ0v) is 12.5. The molecule has 1 aliphatic rings. The third kappa shape index (κ3) is 2.80. The van der Waals surface area contributed by atoms with Gasteiger partial charge in [0.1, 0.15) is 10.3 Å². The second kappa shape index (κ2) is 5.17. The lowest BCUT2D eigenvalue weighted by atomic mass is 10.2. The van der Waals surface area contributed by atoms with Crippen molar-refractivity contribution in [2.45, 2.75) is 11.7 Å². The Hall–Kier alpha value is -1.84. The van der Waals surface area contributed by atoms with Gasteiger partial charge in [0.25, 0.3) is 0 Å². The number of nitrogens with two attached hydrogens (primary N) is 1. The molecule has 0 saturated carbocycles. The Balaban J connectivity index is 1.86. The van der Waals surface area contributed by atoms with E-state index in [1.54, 1.807) is 0 Å². The molecular formula is C12H12N4O3S2. The van der Waals surface area contributed by atoms with Gasteiger partial charge in [-0.25, -0.2) is 13.6 Å². The second-order valence-electron chi connectivity index (χ2n) is 4.69. The normalized spacial score (nSPS) is 19.2. The fourth-order valence-electron chi connectivity index (χ4n) is 2.11. The quantitative estimate of drug-likeness (QED) is 0.890. The smallest absolute Gasteiger partial charge is 0.244 e. The molecule has 3 rings (SSSR count). The highest BCUT2D eigenvalue weighted by Gasteiger charge is 2.38. The number of primary sulfonamides is 1. The largest absolute Gasteiger partial charge is 0.279 e. The molecule has 1 atom stereocenters. The first-order chi connectivity index (χ1) is 9.95. The third-order valence-electron chi connectivity index (χ3n) is 3.23. The first-order valence-electron chi connectivity index (χ1n) is 6.16. The number of amides is 1. The van der Waals surface area contributed by atoms with E-state index in [1.807, 2.05) is 30.3 Å². The van der Waals surface area contributed by atoms with Gasteiger partial charge in [0.05, 0.1) is 0 Å². The van der Waals surface area contributed by atoms with E-state index in [9.17, 15) is 13.2 Å². The van der Waals surface area contributed by atoms with Crippen LogP contribution in [-0.2, 0) is 14.8 Å². The second-order valence-corrected chi connectivity index (χ2v) is 7.28. The Morgan fingerprint density at radius 3 is 2.62 bits per heavy atom. The summed E-state index contributed by atoms with van der Waals surface area (Å²) >= 11 is 1.16. The topological polar surface area (TPSA) is 106 Å². The number of aromatic nitrogens is 2. The first kappa shape index (κ1) is 14.1. The van der Waals surface area contributed by atoms with Crippen molar-refractivity contribution in [3.8, 4) is 10.6 Å². The SMILES string of the molecule is NS(=O)(=O)C1CC(=O)N(c2nsc(-c3ccccc3)n2)C1. The summed E-state index contributed by atoms with van der Waals surface area (Å²) in [6, 6.07) is 9.45. The van der Waals surface area contributed by atoms with Gasteiger partial charge in [0.15, 0.2) is 0 Å². The molecule has 1 aromatic carbocycles. The number of carbonyl (C=O) groups is 1. The summed E-state index contributed by atoms with van der Waals surface area (Å²) in [5, 5.41) is 4.88. The maximum Gasteiger partial charge on any atom is 0.244 e. The summed E-state index contributed by atoms with van der Waals surface area (Å²) in [4.78, 5) is 17.5. The van der Waals surface area contributed by atoms with Crippen molar-refractivity contribution < 1.29 is 13.2 Å². The van der Waals surface area contributed by atoms with Gasteiger partial charge >= 0.3 is 0 Å². The molecule has 9 heteroatoms. The highest BCUT2D eigenvalue weighted by atomic mass is 32.2. The fraction of sp³-hybridized carbons (Fsp3) is 0.250. The van der Waals surface area contributed by atoms with Gasteiger partial charge in [-0.05, 0) is 11.5 Å². The van der Waals surface area contributed by atoms with E-state index < -0.39 is 15.3 Å². The summed E-state index contributed by atoms with van der Waals surface area (Å²) in [6.07, 6.45) is -0.126. The number of sulfonamides is 1. The number of hydrogen-bond donors (Lipinski definition) is 1. The Kier molecular flexibility index (Phi) is 3.47. The molecule has 110 valence electrons. The number of rotatable bonds is 3. The molecule has 1 unspecified atom stereocenters. The molecule has 7 nitrogen and oxygen atoms in total. The zero-order chi connectivity index (χ0) is 15.0. The summed E-state index contributed by atoms with van der Waals surface area (Å²) in [5.41, 5.74) is 0.899. The molecule has 0 aliphatic carbocycles. The monoisotopic (exact) mass is 324 g/mol. The van der Waals surface area contributed by atoms with Crippen LogP contribution in [0.4, 0.5) is 5.95 Å². The number of carbonyl (C=O) groups excluding carboxylic acids is 1. The van der Waals surface area contributed by atoms with Crippen molar-refractivity contribution >= 4 is 33.4 Å². The van der Waals surface area contributed by atoms with Crippen LogP contribution in [0.2, 0.25) is 0 Å². The minimum absolute atomic E-state index is 0.00261. The van der Waals surface area contributed by atoms with Gasteiger partial charge in [-0.2, -0.15) is 9.36 Å². The van der Waals surface area contributed by atoms with Crippen LogP contribution < -0.4 is 10.0 Å². The van der Waals surface area contributed by atoms with E-state index in [0.29, 0.717) is 5.01 Å². The average Bonchev–Trinajstić information content (AvgIpc) is 3.05. The molecule has 2 heterocycles. The van der Waals surface area contributed by atoms with Crippen molar-refractivity contribution in [1.82, 2.24) is 9.36 Å². The summed E-state index contributed by atoms with van der Waals surface area (Å²) in [7, 11) is -3.74. The maximum absolute atomic E-state index is 11.9. The molecule has 21 heavy (non-hydrogen) atoms. The molecular weight excluding hydrogens is 312 g/mol. The predicted octanol–water partition coefficient (Wildman–Crippen LogP) is 0.599. The van der Waals surface area contributed by atoms with Gasteiger partial charge < -0.3 is 0 Å². The lowest BCUT2D eigenvalue weighted by molar-refractivity contribution is -0.117. The first-order valence-corrected chi connectivity index (χ1v) is 8.54. The van der Waals surface area contributed by atoms with Crippen LogP contribution in [0.3, 0.4) is 0 Å². The standard InChI is InChI=1S/C12H12N4O3S2/c13-21(18,19)9-6-10(17)16(7-9)12-14-11(20-15-12)8-4-2-1-3-5-8/h1-5,9H,6-7H2,(H2,13,18,19). The van der Waals surface area contributed by atoms with Crippen molar-refractivity contribution in [3.63, 3.8) is 0 Å². The lowest BCUT2D eigenvalue weighted by Crippen LogP contribution is -2.32. The van der Waals surface area contributed by atoms with Gasteiger partial charge in [-0.3, -0.25) is 9.69 Å². The van der Waals surface area contributed by atoms with Crippen LogP contribution in [0.5, 0.6) is 0 Å². The van der Waals surface area contributed by atoms with E-state index in [2.05, 4.69) is 9.36 Å². The zero-order valence-electron chi connectivity index (χ0n) is 10.8. The van der Waals surface area contributed by atoms with Gasteiger partial charge in [-0.15, -0.1) is 0 Å². The summed E-state index contributed by atoms with van der Waals surface area (Å²) < 4.78 is 26.8. The summed E-state index contributed by atoms with van der Waals surface area (Å²) in [6.45, 7) is 0.00261. The average molecular weight is 324 g/mol. The highest BCUT2D eigenvalue weighted by molar-refractivity contribution is 7.89. The van der Waals surface area contributed by atoms with Crippen LogP contribution in [0.25, 0.3) is 10.6 Å². The maximum atomic E-state index is 11.9. The molecule has 1 fully saturated rings. The molecule has 1 saturated heterocycles. The van der Waals surface area contributed by atoms with Crippen molar-refractivity contribution in [2.24, 2.45) is 5.14 Å². The van der Waals surface area contributed by atoms with Crippen molar-refractivity contribution in [3.05, 3.63) is 30.3 Å².